The van der Waals surface area contributed by atoms with Crippen LogP contribution < -0.4 is 10.1 Å². The van der Waals surface area contributed by atoms with E-state index in [1.807, 2.05) is 42.5 Å². The number of nitrogens with one attached hydrogen (secondary N) is 1. The van der Waals surface area contributed by atoms with Gasteiger partial charge in [-0.2, -0.15) is 0 Å². The highest BCUT2D eigenvalue weighted by molar-refractivity contribution is 5.76. The molecule has 122 valence electrons. The predicted octanol–water partition coefficient (Wildman–Crippen LogP) is 3.77. The van der Waals surface area contributed by atoms with E-state index in [0.29, 0.717) is 6.42 Å². The van der Waals surface area contributed by atoms with Gasteiger partial charge in [0.25, 0.3) is 0 Å². The summed E-state index contributed by atoms with van der Waals surface area (Å²) in [6, 6.07) is 18.4. The molecule has 2 aromatic carbocycles. The molecular weight excluding hydrogens is 286 g/mol. The van der Waals surface area contributed by atoms with Crippen LogP contribution in [0, 0.1) is 0 Å². The second-order valence-corrected chi connectivity index (χ2v) is 5.84. The van der Waals surface area contributed by atoms with Gasteiger partial charge in [-0.3, -0.25) is 4.79 Å². The first-order valence-electron chi connectivity index (χ1n) is 8.13. The van der Waals surface area contributed by atoms with Crippen LogP contribution in [-0.4, -0.2) is 19.1 Å². The fourth-order valence-electron chi connectivity index (χ4n) is 2.53. The molecule has 0 spiro atoms. The van der Waals surface area contributed by atoms with Gasteiger partial charge in [-0.25, -0.2) is 0 Å². The van der Waals surface area contributed by atoms with E-state index in [4.69, 9.17) is 4.74 Å². The number of hydrogen-bond donors (Lipinski definition) is 1. The van der Waals surface area contributed by atoms with Crippen molar-refractivity contribution >= 4 is 5.91 Å². The Morgan fingerprint density at radius 1 is 1.04 bits per heavy atom. The minimum Gasteiger partial charge on any atom is -0.497 e. The van der Waals surface area contributed by atoms with Gasteiger partial charge in [0.1, 0.15) is 5.75 Å². The minimum atomic E-state index is 0.105. The molecular formula is C20H25NO2. The first kappa shape index (κ1) is 17.1. The molecule has 3 nitrogen and oxygen atoms in total. The zero-order valence-electron chi connectivity index (χ0n) is 13.9. The van der Waals surface area contributed by atoms with Crippen molar-refractivity contribution in [3.8, 4) is 5.75 Å². The molecule has 2 rings (SSSR count). The molecule has 0 saturated carbocycles. The van der Waals surface area contributed by atoms with Gasteiger partial charge in [0.05, 0.1) is 7.11 Å². The van der Waals surface area contributed by atoms with Gasteiger partial charge < -0.3 is 10.1 Å². The van der Waals surface area contributed by atoms with E-state index in [1.165, 1.54) is 5.56 Å². The molecule has 1 amide bonds. The molecule has 0 aliphatic heterocycles. The predicted molar refractivity (Wildman–Crippen MR) is 93.7 cm³/mol. The van der Waals surface area contributed by atoms with E-state index in [2.05, 4.69) is 24.4 Å². The molecule has 0 aromatic heterocycles. The Morgan fingerprint density at radius 2 is 1.78 bits per heavy atom. The third-order valence-corrected chi connectivity index (χ3v) is 3.89. The molecule has 0 fully saturated rings. The Kier molecular flexibility index (Phi) is 6.67. The maximum Gasteiger partial charge on any atom is 0.220 e. The summed E-state index contributed by atoms with van der Waals surface area (Å²) in [5.74, 6) is 0.938. The summed E-state index contributed by atoms with van der Waals surface area (Å²) in [6.45, 7) is 2.06. The summed E-state index contributed by atoms with van der Waals surface area (Å²) in [5, 5.41) is 3.08. The lowest BCUT2D eigenvalue weighted by atomic mass is 10.1. The van der Waals surface area contributed by atoms with Crippen LogP contribution >= 0.6 is 0 Å². The lowest BCUT2D eigenvalue weighted by Crippen LogP contribution is -2.33. The highest BCUT2D eigenvalue weighted by atomic mass is 16.5. The van der Waals surface area contributed by atoms with Crippen molar-refractivity contribution in [2.75, 3.05) is 7.11 Å². The molecule has 0 radical (unpaired) electrons. The van der Waals surface area contributed by atoms with Gasteiger partial charge in [-0.05, 0) is 49.4 Å². The molecule has 1 N–H and O–H groups in total. The summed E-state index contributed by atoms with van der Waals surface area (Å²) < 4.78 is 5.20. The van der Waals surface area contributed by atoms with Crippen LogP contribution in [-0.2, 0) is 17.6 Å². The third-order valence-electron chi connectivity index (χ3n) is 3.89. The van der Waals surface area contributed by atoms with E-state index >= 15 is 0 Å². The van der Waals surface area contributed by atoms with Crippen molar-refractivity contribution in [1.82, 2.24) is 5.32 Å². The van der Waals surface area contributed by atoms with Crippen LogP contribution in [0.2, 0.25) is 0 Å². The summed E-state index contributed by atoms with van der Waals surface area (Å²) in [6.07, 6.45) is 3.17. The zero-order chi connectivity index (χ0) is 16.5. The number of ether oxygens (including phenoxy) is 1. The van der Waals surface area contributed by atoms with Gasteiger partial charge >= 0.3 is 0 Å². The third kappa shape index (κ3) is 6.15. The van der Waals surface area contributed by atoms with Crippen molar-refractivity contribution in [3.05, 3.63) is 65.7 Å². The second-order valence-electron chi connectivity index (χ2n) is 5.84. The Hall–Kier alpha value is -2.29. The number of rotatable bonds is 8. The zero-order valence-corrected chi connectivity index (χ0v) is 13.9. The Labute approximate surface area is 138 Å². The molecule has 0 bridgehead atoms. The number of carbonyl (C=O) groups is 1. The van der Waals surface area contributed by atoms with E-state index < -0.39 is 0 Å². The standard InChI is InChI=1S/C20H25NO2/c1-16(11-12-17-7-4-3-5-8-17)21-20(22)14-13-18-9-6-10-19(15-18)23-2/h3-10,15-16H,11-14H2,1-2H3,(H,21,22). The van der Waals surface area contributed by atoms with Gasteiger partial charge in [-0.1, -0.05) is 42.5 Å². The molecule has 0 saturated heterocycles. The minimum absolute atomic E-state index is 0.105. The van der Waals surface area contributed by atoms with Gasteiger partial charge in [0, 0.05) is 12.5 Å². The van der Waals surface area contributed by atoms with Crippen molar-refractivity contribution in [1.29, 1.82) is 0 Å². The van der Waals surface area contributed by atoms with Crippen molar-refractivity contribution in [3.63, 3.8) is 0 Å². The average Bonchev–Trinajstić information content (AvgIpc) is 2.59. The quantitative estimate of drug-likeness (QED) is 0.806. The summed E-state index contributed by atoms with van der Waals surface area (Å²) in [4.78, 5) is 12.1. The lowest BCUT2D eigenvalue weighted by Gasteiger charge is -2.14. The van der Waals surface area contributed by atoms with Crippen LogP contribution in [0.15, 0.2) is 54.6 Å². The van der Waals surface area contributed by atoms with Crippen LogP contribution in [0.4, 0.5) is 0 Å². The van der Waals surface area contributed by atoms with Crippen LogP contribution in [0.25, 0.3) is 0 Å². The van der Waals surface area contributed by atoms with Crippen LogP contribution in [0.5, 0.6) is 5.75 Å². The topological polar surface area (TPSA) is 38.3 Å². The number of carbonyl (C=O) groups excluding carboxylic acids is 1. The number of benzene rings is 2. The van der Waals surface area contributed by atoms with Gasteiger partial charge in [-0.15, -0.1) is 0 Å². The molecule has 1 atom stereocenters. The Morgan fingerprint density at radius 3 is 2.52 bits per heavy atom. The first-order chi connectivity index (χ1) is 11.2. The fraction of sp³-hybridized carbons (Fsp3) is 0.350. The number of methoxy groups -OCH3 is 1. The highest BCUT2D eigenvalue weighted by Gasteiger charge is 2.08. The maximum atomic E-state index is 12.1. The largest absolute Gasteiger partial charge is 0.497 e. The van der Waals surface area contributed by atoms with Crippen LogP contribution in [0.3, 0.4) is 0 Å². The molecule has 0 heterocycles. The SMILES string of the molecule is COc1cccc(CCC(=O)NC(C)CCc2ccccc2)c1. The van der Waals surface area contributed by atoms with E-state index in [-0.39, 0.29) is 11.9 Å². The van der Waals surface area contributed by atoms with Crippen LogP contribution in [0.1, 0.15) is 30.9 Å². The molecule has 2 aromatic rings. The smallest absolute Gasteiger partial charge is 0.220 e. The van der Waals surface area contributed by atoms with Crippen molar-refractivity contribution < 1.29 is 9.53 Å². The average molecular weight is 311 g/mol. The van der Waals surface area contributed by atoms with Gasteiger partial charge in [0.2, 0.25) is 5.91 Å². The lowest BCUT2D eigenvalue weighted by molar-refractivity contribution is -0.121. The molecule has 0 aliphatic rings. The highest BCUT2D eigenvalue weighted by Crippen LogP contribution is 2.14. The van der Waals surface area contributed by atoms with Gasteiger partial charge in [0.15, 0.2) is 0 Å². The molecule has 3 heteroatoms. The van der Waals surface area contributed by atoms with E-state index in [1.54, 1.807) is 7.11 Å². The maximum absolute atomic E-state index is 12.1. The van der Waals surface area contributed by atoms with Crippen molar-refractivity contribution in [2.45, 2.75) is 38.6 Å². The number of amides is 1. The second kappa shape index (κ2) is 8.99. The molecule has 1 unspecified atom stereocenters. The summed E-state index contributed by atoms with van der Waals surface area (Å²) in [7, 11) is 1.65. The first-order valence-corrected chi connectivity index (χ1v) is 8.13. The monoisotopic (exact) mass is 311 g/mol. The Balaban J connectivity index is 1.71. The van der Waals surface area contributed by atoms with Crippen molar-refractivity contribution in [2.24, 2.45) is 0 Å². The number of aryl methyl sites for hydroxylation is 2. The number of hydrogen-bond acceptors (Lipinski definition) is 2. The van der Waals surface area contributed by atoms with E-state index in [0.717, 1.165) is 30.6 Å². The molecule has 0 aliphatic carbocycles. The summed E-state index contributed by atoms with van der Waals surface area (Å²) in [5.41, 5.74) is 2.43. The molecule has 23 heavy (non-hydrogen) atoms. The Bertz CT molecular complexity index is 610. The normalized spacial score (nSPS) is 11.7. The summed E-state index contributed by atoms with van der Waals surface area (Å²) >= 11 is 0. The fourth-order valence-corrected chi connectivity index (χ4v) is 2.53. The van der Waals surface area contributed by atoms with E-state index in [9.17, 15) is 4.79 Å².